The quantitative estimate of drug-likeness (QED) is 0.744. The van der Waals surface area contributed by atoms with E-state index in [-0.39, 0.29) is 0 Å². The van der Waals surface area contributed by atoms with Crippen molar-refractivity contribution in [3.8, 4) is 5.75 Å². The van der Waals surface area contributed by atoms with Gasteiger partial charge < -0.3 is 5.11 Å². The second-order valence-corrected chi connectivity index (χ2v) is 4.64. The minimum atomic E-state index is 0.332. The minimum Gasteiger partial charge on any atom is -0.508 e. The summed E-state index contributed by atoms with van der Waals surface area (Å²) >= 11 is 0. The second-order valence-electron chi connectivity index (χ2n) is 4.64. The number of rotatable bonds is 1. The van der Waals surface area contributed by atoms with E-state index in [0.717, 1.165) is 0 Å². The average molecular weight is 214 g/mol. The average Bonchev–Trinajstić information content (AvgIpc) is 2.46. The fourth-order valence-corrected chi connectivity index (χ4v) is 2.52. The maximum absolute atomic E-state index is 9.31. The molecule has 0 aliphatic heterocycles. The number of allylic oxidation sites excluding steroid dienone is 4. The molecule has 16 heavy (non-hydrogen) atoms. The molecule has 1 N–H and O–H groups in total. The summed E-state index contributed by atoms with van der Waals surface area (Å²) in [6, 6.07) is 7.55. The Balaban J connectivity index is 2.47. The highest BCUT2D eigenvalue weighted by Crippen LogP contribution is 2.43. The lowest BCUT2D eigenvalue weighted by atomic mass is 9.89. The van der Waals surface area contributed by atoms with E-state index in [2.05, 4.69) is 27.7 Å². The SMILES string of the molecule is CC1=C(C)C(c2ccc(O)cc2)C(C)=C1C. The van der Waals surface area contributed by atoms with Crippen LogP contribution >= 0.6 is 0 Å². The molecule has 1 aliphatic carbocycles. The Kier molecular flexibility index (Phi) is 2.63. The molecule has 0 saturated carbocycles. The third kappa shape index (κ3) is 1.57. The van der Waals surface area contributed by atoms with Crippen molar-refractivity contribution in [1.29, 1.82) is 0 Å². The number of hydrogen-bond acceptors (Lipinski definition) is 1. The number of hydrogen-bond donors (Lipinski definition) is 1. The second kappa shape index (κ2) is 3.82. The molecule has 0 saturated heterocycles. The molecule has 0 fully saturated rings. The minimum absolute atomic E-state index is 0.332. The Morgan fingerprint density at radius 2 is 1.25 bits per heavy atom. The largest absolute Gasteiger partial charge is 0.508 e. The summed E-state index contributed by atoms with van der Waals surface area (Å²) in [7, 11) is 0. The highest BCUT2D eigenvalue weighted by atomic mass is 16.3. The topological polar surface area (TPSA) is 20.2 Å². The van der Waals surface area contributed by atoms with E-state index in [1.54, 1.807) is 12.1 Å². The third-order valence-electron chi connectivity index (χ3n) is 3.84. The summed E-state index contributed by atoms with van der Waals surface area (Å²) in [5.41, 5.74) is 6.96. The van der Waals surface area contributed by atoms with Gasteiger partial charge >= 0.3 is 0 Å². The molecule has 0 heterocycles. The van der Waals surface area contributed by atoms with Crippen LogP contribution in [0.4, 0.5) is 0 Å². The van der Waals surface area contributed by atoms with Gasteiger partial charge in [0.05, 0.1) is 0 Å². The first kappa shape index (κ1) is 11.0. The van der Waals surface area contributed by atoms with Crippen molar-refractivity contribution < 1.29 is 5.11 Å². The molecule has 1 aromatic rings. The third-order valence-corrected chi connectivity index (χ3v) is 3.84. The zero-order valence-electron chi connectivity index (χ0n) is 10.3. The maximum Gasteiger partial charge on any atom is 0.115 e. The predicted molar refractivity (Wildman–Crippen MR) is 67.6 cm³/mol. The van der Waals surface area contributed by atoms with Crippen molar-refractivity contribution >= 4 is 0 Å². The Labute approximate surface area is 97.1 Å². The lowest BCUT2D eigenvalue weighted by Gasteiger charge is -2.15. The first-order valence-corrected chi connectivity index (χ1v) is 5.66. The summed E-state index contributed by atoms with van der Waals surface area (Å²) in [4.78, 5) is 0. The molecule has 0 spiro atoms. The van der Waals surface area contributed by atoms with Crippen molar-refractivity contribution in [2.24, 2.45) is 0 Å². The molecule has 1 aliphatic rings. The fraction of sp³-hybridized carbons (Fsp3) is 0.333. The van der Waals surface area contributed by atoms with Crippen molar-refractivity contribution in [1.82, 2.24) is 0 Å². The van der Waals surface area contributed by atoms with Crippen molar-refractivity contribution in [3.05, 3.63) is 52.1 Å². The van der Waals surface area contributed by atoms with Gasteiger partial charge in [-0.3, -0.25) is 0 Å². The van der Waals surface area contributed by atoms with Crippen LogP contribution in [0.15, 0.2) is 46.6 Å². The summed E-state index contributed by atoms with van der Waals surface area (Å²) < 4.78 is 0. The number of benzene rings is 1. The highest BCUT2D eigenvalue weighted by molar-refractivity contribution is 5.53. The first-order valence-electron chi connectivity index (χ1n) is 5.66. The van der Waals surface area contributed by atoms with Gasteiger partial charge in [0, 0.05) is 5.92 Å². The lowest BCUT2D eigenvalue weighted by Crippen LogP contribution is -1.98. The fourth-order valence-electron chi connectivity index (χ4n) is 2.52. The summed E-state index contributed by atoms with van der Waals surface area (Å²) in [5.74, 6) is 0.735. The van der Waals surface area contributed by atoms with Gasteiger partial charge in [0.15, 0.2) is 0 Å². The summed E-state index contributed by atoms with van der Waals surface area (Å²) in [6.07, 6.45) is 0. The number of aromatic hydroxyl groups is 1. The Morgan fingerprint density at radius 1 is 0.812 bits per heavy atom. The number of phenolic OH excluding ortho intramolecular Hbond substituents is 1. The molecule has 0 unspecified atom stereocenters. The zero-order chi connectivity index (χ0) is 11.9. The molecule has 1 aromatic carbocycles. The van der Waals surface area contributed by atoms with Gasteiger partial charge in [0.25, 0.3) is 0 Å². The van der Waals surface area contributed by atoms with Crippen LogP contribution < -0.4 is 0 Å². The number of phenols is 1. The Hall–Kier alpha value is -1.50. The van der Waals surface area contributed by atoms with Gasteiger partial charge in [-0.25, -0.2) is 0 Å². The van der Waals surface area contributed by atoms with Gasteiger partial charge in [-0.05, 0) is 56.5 Å². The van der Waals surface area contributed by atoms with E-state index in [4.69, 9.17) is 0 Å². The summed E-state index contributed by atoms with van der Waals surface area (Å²) in [5, 5.41) is 9.31. The van der Waals surface area contributed by atoms with Gasteiger partial charge in [0.2, 0.25) is 0 Å². The zero-order valence-corrected chi connectivity index (χ0v) is 10.3. The molecule has 84 valence electrons. The molecule has 1 nitrogen and oxygen atoms in total. The van der Waals surface area contributed by atoms with Crippen LogP contribution in [0.5, 0.6) is 5.75 Å². The standard InChI is InChI=1S/C15H18O/c1-9-10(2)12(4)15(11(9)3)13-5-7-14(16)8-6-13/h5-8,15-16H,1-4H3. The molecular weight excluding hydrogens is 196 g/mol. The van der Waals surface area contributed by atoms with Gasteiger partial charge in [-0.2, -0.15) is 0 Å². The van der Waals surface area contributed by atoms with Crippen LogP contribution in [0.2, 0.25) is 0 Å². The van der Waals surface area contributed by atoms with Crippen LogP contribution in [-0.2, 0) is 0 Å². The van der Waals surface area contributed by atoms with Crippen molar-refractivity contribution in [2.75, 3.05) is 0 Å². The van der Waals surface area contributed by atoms with E-state index in [0.29, 0.717) is 11.7 Å². The summed E-state index contributed by atoms with van der Waals surface area (Å²) in [6.45, 7) is 8.78. The van der Waals surface area contributed by atoms with Crippen LogP contribution in [0.25, 0.3) is 0 Å². The van der Waals surface area contributed by atoms with E-state index in [1.165, 1.54) is 27.9 Å². The molecule has 0 bridgehead atoms. The highest BCUT2D eigenvalue weighted by Gasteiger charge is 2.25. The van der Waals surface area contributed by atoms with E-state index in [1.807, 2.05) is 12.1 Å². The van der Waals surface area contributed by atoms with Crippen molar-refractivity contribution in [3.63, 3.8) is 0 Å². The first-order chi connectivity index (χ1) is 7.52. The van der Waals surface area contributed by atoms with E-state index in [9.17, 15) is 5.11 Å². The lowest BCUT2D eigenvalue weighted by molar-refractivity contribution is 0.475. The van der Waals surface area contributed by atoms with Crippen LogP contribution in [0.3, 0.4) is 0 Å². The Morgan fingerprint density at radius 3 is 1.69 bits per heavy atom. The van der Waals surface area contributed by atoms with Crippen LogP contribution in [-0.4, -0.2) is 5.11 Å². The van der Waals surface area contributed by atoms with E-state index < -0.39 is 0 Å². The normalized spacial score (nSPS) is 17.5. The molecule has 0 atom stereocenters. The van der Waals surface area contributed by atoms with E-state index >= 15 is 0 Å². The van der Waals surface area contributed by atoms with Crippen LogP contribution in [0.1, 0.15) is 39.2 Å². The molecular formula is C15H18O. The Bertz CT molecular complexity index is 451. The monoisotopic (exact) mass is 214 g/mol. The molecule has 0 radical (unpaired) electrons. The molecule has 1 heteroatoms. The van der Waals surface area contributed by atoms with Gasteiger partial charge in [0.1, 0.15) is 5.75 Å². The predicted octanol–water partition coefficient (Wildman–Crippen LogP) is 4.16. The molecule has 0 amide bonds. The maximum atomic E-state index is 9.31. The van der Waals surface area contributed by atoms with Gasteiger partial charge in [-0.15, -0.1) is 0 Å². The molecule has 2 rings (SSSR count). The van der Waals surface area contributed by atoms with Crippen molar-refractivity contribution in [2.45, 2.75) is 33.6 Å². The molecule has 0 aromatic heterocycles. The van der Waals surface area contributed by atoms with Crippen LogP contribution in [0, 0.1) is 0 Å². The smallest absolute Gasteiger partial charge is 0.115 e. The van der Waals surface area contributed by atoms with Gasteiger partial charge in [-0.1, -0.05) is 23.3 Å².